The van der Waals surface area contributed by atoms with Crippen LogP contribution in [0.25, 0.3) is 0 Å². The summed E-state index contributed by atoms with van der Waals surface area (Å²) in [5.41, 5.74) is 0. The number of hydrogen-bond donors (Lipinski definition) is 1. The zero-order valence-corrected chi connectivity index (χ0v) is 13.5. The minimum Gasteiger partial charge on any atom is -0.484 e. The van der Waals surface area contributed by atoms with Crippen molar-refractivity contribution in [3.8, 4) is 5.75 Å². The van der Waals surface area contributed by atoms with Crippen molar-refractivity contribution >= 4 is 29.2 Å². The first kappa shape index (κ1) is 16.8. The molecule has 1 aromatic heterocycles. The number of anilines is 1. The Bertz CT molecular complexity index is 684. The van der Waals surface area contributed by atoms with Crippen molar-refractivity contribution < 1.29 is 18.8 Å². The van der Waals surface area contributed by atoms with Crippen LogP contribution >= 0.6 is 11.6 Å². The second-order valence-corrected chi connectivity index (χ2v) is 5.30. The van der Waals surface area contributed by atoms with Crippen LogP contribution in [0.4, 0.5) is 5.82 Å². The number of carbonyl (C=O) groups excluding carboxylic acids is 2. The Labute approximate surface area is 138 Å². The van der Waals surface area contributed by atoms with E-state index in [1.807, 2.05) is 0 Å². The summed E-state index contributed by atoms with van der Waals surface area (Å²) in [5.74, 6) is 0.720. The fourth-order valence-corrected chi connectivity index (χ4v) is 1.82. The molecule has 1 N–H and O–H groups in total. The molecule has 7 nitrogen and oxygen atoms in total. The Morgan fingerprint density at radius 1 is 1.35 bits per heavy atom. The maximum Gasteiger partial charge on any atom is 0.260 e. The van der Waals surface area contributed by atoms with Crippen LogP contribution < -0.4 is 10.1 Å². The highest BCUT2D eigenvalue weighted by atomic mass is 35.5. The van der Waals surface area contributed by atoms with Crippen LogP contribution in [0, 0.1) is 6.92 Å². The monoisotopic (exact) mass is 337 g/mol. The highest BCUT2D eigenvalue weighted by molar-refractivity contribution is 6.30. The number of amides is 2. The summed E-state index contributed by atoms with van der Waals surface area (Å²) in [7, 11) is 1.52. The van der Waals surface area contributed by atoms with Crippen LogP contribution in [0.15, 0.2) is 34.9 Å². The third kappa shape index (κ3) is 5.30. The molecular formula is C15H16ClN3O4. The van der Waals surface area contributed by atoms with Gasteiger partial charge in [0.15, 0.2) is 12.4 Å². The molecule has 8 heteroatoms. The number of halogens is 1. The van der Waals surface area contributed by atoms with Gasteiger partial charge in [-0.05, 0) is 31.2 Å². The Kier molecular flexibility index (Phi) is 5.59. The first-order valence-corrected chi connectivity index (χ1v) is 7.17. The summed E-state index contributed by atoms with van der Waals surface area (Å²) in [6, 6.07) is 8.24. The zero-order chi connectivity index (χ0) is 16.8. The fraction of sp³-hybridized carbons (Fsp3) is 0.267. The number of nitrogens with one attached hydrogen (secondary N) is 1. The number of benzene rings is 1. The van der Waals surface area contributed by atoms with Crippen molar-refractivity contribution in [1.29, 1.82) is 0 Å². The molecule has 0 saturated carbocycles. The number of rotatable bonds is 6. The predicted octanol–water partition coefficient (Wildman–Crippen LogP) is 2.11. The number of aromatic nitrogens is 1. The molecule has 1 heterocycles. The molecule has 2 aromatic rings. The van der Waals surface area contributed by atoms with Crippen LogP contribution in [0.5, 0.6) is 5.75 Å². The van der Waals surface area contributed by atoms with Gasteiger partial charge in [-0.25, -0.2) is 0 Å². The minimum atomic E-state index is -0.374. The van der Waals surface area contributed by atoms with Gasteiger partial charge in [-0.15, -0.1) is 0 Å². The van der Waals surface area contributed by atoms with Gasteiger partial charge in [0.25, 0.3) is 5.91 Å². The van der Waals surface area contributed by atoms with E-state index in [0.29, 0.717) is 22.4 Å². The lowest BCUT2D eigenvalue weighted by molar-refractivity contribution is -0.135. The average Bonchev–Trinajstić information content (AvgIpc) is 2.91. The second-order valence-electron chi connectivity index (χ2n) is 4.86. The fourth-order valence-electron chi connectivity index (χ4n) is 1.70. The van der Waals surface area contributed by atoms with E-state index in [2.05, 4.69) is 10.5 Å². The minimum absolute atomic E-state index is 0.116. The van der Waals surface area contributed by atoms with Gasteiger partial charge in [-0.1, -0.05) is 16.8 Å². The first-order chi connectivity index (χ1) is 10.9. The Morgan fingerprint density at radius 3 is 2.65 bits per heavy atom. The van der Waals surface area contributed by atoms with Crippen molar-refractivity contribution in [2.24, 2.45) is 0 Å². The molecular weight excluding hydrogens is 322 g/mol. The van der Waals surface area contributed by atoms with E-state index in [-0.39, 0.29) is 25.0 Å². The van der Waals surface area contributed by atoms with E-state index in [1.165, 1.54) is 11.9 Å². The van der Waals surface area contributed by atoms with Crippen molar-refractivity contribution in [3.63, 3.8) is 0 Å². The molecule has 0 aliphatic carbocycles. The molecule has 0 spiro atoms. The smallest absolute Gasteiger partial charge is 0.260 e. The van der Waals surface area contributed by atoms with Gasteiger partial charge >= 0.3 is 0 Å². The topological polar surface area (TPSA) is 84.7 Å². The summed E-state index contributed by atoms with van der Waals surface area (Å²) < 4.78 is 10.2. The third-order valence-electron chi connectivity index (χ3n) is 2.88. The molecule has 0 aliphatic heterocycles. The van der Waals surface area contributed by atoms with Crippen LogP contribution in [-0.2, 0) is 9.59 Å². The average molecular weight is 338 g/mol. The highest BCUT2D eigenvalue weighted by Gasteiger charge is 2.14. The van der Waals surface area contributed by atoms with Crippen molar-refractivity contribution in [2.45, 2.75) is 6.92 Å². The normalized spacial score (nSPS) is 10.2. The lowest BCUT2D eigenvalue weighted by atomic mass is 10.3. The molecule has 0 unspecified atom stereocenters. The molecule has 2 amide bonds. The molecule has 0 fully saturated rings. The van der Waals surface area contributed by atoms with Gasteiger partial charge in [0.05, 0.1) is 6.54 Å². The standard InChI is InChI=1S/C15H16ClN3O4/c1-10-7-13(18-23-10)17-14(20)8-19(2)15(21)9-22-12-5-3-11(16)4-6-12/h3-7H,8-9H2,1-2H3,(H,17,18,20). The molecule has 2 rings (SSSR count). The zero-order valence-electron chi connectivity index (χ0n) is 12.7. The predicted molar refractivity (Wildman–Crippen MR) is 84.5 cm³/mol. The number of aryl methyl sites for hydroxylation is 1. The molecule has 1 aromatic carbocycles. The van der Waals surface area contributed by atoms with Gasteiger partial charge in [0, 0.05) is 18.1 Å². The van der Waals surface area contributed by atoms with E-state index in [0.717, 1.165) is 0 Å². The molecule has 0 aliphatic rings. The molecule has 122 valence electrons. The van der Waals surface area contributed by atoms with Gasteiger partial charge in [-0.2, -0.15) is 0 Å². The van der Waals surface area contributed by atoms with E-state index in [4.69, 9.17) is 20.9 Å². The molecule has 0 bridgehead atoms. The van der Waals surface area contributed by atoms with E-state index >= 15 is 0 Å². The maximum absolute atomic E-state index is 11.9. The summed E-state index contributed by atoms with van der Waals surface area (Å²) >= 11 is 5.76. The molecule has 0 saturated heterocycles. The highest BCUT2D eigenvalue weighted by Crippen LogP contribution is 2.15. The van der Waals surface area contributed by atoms with Gasteiger partial charge in [0.2, 0.25) is 5.91 Å². The summed E-state index contributed by atoms with van der Waals surface area (Å²) in [4.78, 5) is 25.0. The summed E-state index contributed by atoms with van der Waals surface area (Å²) in [5, 5.41) is 6.76. The maximum atomic E-state index is 11.9. The largest absolute Gasteiger partial charge is 0.484 e. The van der Waals surface area contributed by atoms with Crippen molar-refractivity contribution in [1.82, 2.24) is 10.1 Å². The van der Waals surface area contributed by atoms with Crippen molar-refractivity contribution in [3.05, 3.63) is 41.1 Å². The Morgan fingerprint density at radius 2 is 2.04 bits per heavy atom. The molecule has 23 heavy (non-hydrogen) atoms. The summed E-state index contributed by atoms with van der Waals surface area (Å²) in [6.45, 7) is 1.43. The number of carbonyl (C=O) groups is 2. The van der Waals surface area contributed by atoms with E-state index in [1.54, 1.807) is 37.3 Å². The number of ether oxygens (including phenoxy) is 1. The summed E-state index contributed by atoms with van der Waals surface area (Å²) in [6.07, 6.45) is 0. The third-order valence-corrected chi connectivity index (χ3v) is 3.13. The first-order valence-electron chi connectivity index (χ1n) is 6.79. The number of nitrogens with zero attached hydrogens (tertiary/aromatic N) is 2. The van der Waals surface area contributed by atoms with Gasteiger partial charge in [0.1, 0.15) is 11.5 Å². The number of hydrogen-bond acceptors (Lipinski definition) is 5. The van der Waals surface area contributed by atoms with Crippen LogP contribution in [-0.4, -0.2) is 42.1 Å². The Hall–Kier alpha value is -2.54. The van der Waals surface area contributed by atoms with Crippen LogP contribution in [0.2, 0.25) is 5.02 Å². The van der Waals surface area contributed by atoms with Gasteiger partial charge < -0.3 is 19.5 Å². The van der Waals surface area contributed by atoms with Crippen LogP contribution in [0.1, 0.15) is 5.76 Å². The lowest BCUT2D eigenvalue weighted by Crippen LogP contribution is -2.37. The van der Waals surface area contributed by atoms with E-state index < -0.39 is 0 Å². The van der Waals surface area contributed by atoms with Gasteiger partial charge in [-0.3, -0.25) is 9.59 Å². The van der Waals surface area contributed by atoms with Crippen LogP contribution in [0.3, 0.4) is 0 Å². The Balaban J connectivity index is 1.77. The lowest BCUT2D eigenvalue weighted by Gasteiger charge is -2.16. The molecule has 0 radical (unpaired) electrons. The van der Waals surface area contributed by atoms with E-state index in [9.17, 15) is 9.59 Å². The SMILES string of the molecule is Cc1cc(NC(=O)CN(C)C(=O)COc2ccc(Cl)cc2)no1. The quantitative estimate of drug-likeness (QED) is 0.872. The van der Waals surface area contributed by atoms with Crippen molar-refractivity contribution in [2.75, 3.05) is 25.5 Å². The second kappa shape index (κ2) is 7.64. The number of likely N-dealkylation sites (N-methyl/N-ethyl adjacent to an activating group) is 1. The molecule has 0 atom stereocenters.